The van der Waals surface area contributed by atoms with Gasteiger partial charge in [0.1, 0.15) is 6.10 Å². The molecule has 1 aromatic carbocycles. The van der Waals surface area contributed by atoms with Gasteiger partial charge in [-0.2, -0.15) is 0 Å². The number of ether oxygens (including phenoxy) is 1. The number of aliphatic hydroxyl groups is 1. The van der Waals surface area contributed by atoms with Crippen LogP contribution in [0.15, 0.2) is 24.3 Å². The van der Waals surface area contributed by atoms with Crippen molar-refractivity contribution >= 4 is 0 Å². The third-order valence-electron chi connectivity index (χ3n) is 2.81. The first-order valence-corrected chi connectivity index (χ1v) is 6.05. The highest BCUT2D eigenvalue weighted by atomic mass is 16.5. The molecule has 2 heteroatoms. The van der Waals surface area contributed by atoms with Crippen molar-refractivity contribution in [2.75, 3.05) is 6.61 Å². The molecular formula is C14H22O2. The van der Waals surface area contributed by atoms with Gasteiger partial charge in [0.25, 0.3) is 0 Å². The van der Waals surface area contributed by atoms with Gasteiger partial charge in [0, 0.05) is 6.61 Å². The third-order valence-corrected chi connectivity index (χ3v) is 2.81. The maximum Gasteiger partial charge on any atom is 0.105 e. The number of rotatable bonds is 6. The van der Waals surface area contributed by atoms with E-state index in [0.29, 0.717) is 6.61 Å². The van der Waals surface area contributed by atoms with Crippen LogP contribution in [0.5, 0.6) is 0 Å². The first kappa shape index (κ1) is 13.2. The molecule has 2 atom stereocenters. The van der Waals surface area contributed by atoms with E-state index >= 15 is 0 Å². The van der Waals surface area contributed by atoms with E-state index in [1.165, 1.54) is 0 Å². The van der Waals surface area contributed by atoms with Gasteiger partial charge in [0.2, 0.25) is 0 Å². The van der Waals surface area contributed by atoms with Gasteiger partial charge in [0.05, 0.1) is 6.10 Å². The summed E-state index contributed by atoms with van der Waals surface area (Å²) in [5.41, 5.74) is 2.10. The van der Waals surface area contributed by atoms with Crippen LogP contribution in [0.2, 0.25) is 0 Å². The molecule has 1 N–H and O–H groups in total. The molecule has 0 saturated heterocycles. The maximum absolute atomic E-state index is 10.3. The highest BCUT2D eigenvalue weighted by Crippen LogP contribution is 2.25. The summed E-state index contributed by atoms with van der Waals surface area (Å²) in [5.74, 6) is 0. The Bertz CT molecular complexity index is 303. The largest absolute Gasteiger partial charge is 0.386 e. The fraction of sp³-hybridized carbons (Fsp3) is 0.571. The van der Waals surface area contributed by atoms with Gasteiger partial charge in [0.15, 0.2) is 0 Å². The molecule has 0 bridgehead atoms. The Labute approximate surface area is 98.3 Å². The van der Waals surface area contributed by atoms with Gasteiger partial charge in [-0.15, -0.1) is 0 Å². The lowest BCUT2D eigenvalue weighted by Gasteiger charge is -2.24. The average molecular weight is 222 g/mol. The Balaban J connectivity index is 2.81. The Morgan fingerprint density at radius 2 is 1.94 bits per heavy atom. The van der Waals surface area contributed by atoms with Gasteiger partial charge < -0.3 is 9.84 Å². The predicted molar refractivity (Wildman–Crippen MR) is 66.5 cm³/mol. The van der Waals surface area contributed by atoms with E-state index < -0.39 is 6.10 Å². The molecule has 0 heterocycles. The van der Waals surface area contributed by atoms with E-state index in [1.54, 1.807) is 0 Å². The Morgan fingerprint density at radius 3 is 2.50 bits per heavy atom. The second kappa shape index (κ2) is 6.66. The van der Waals surface area contributed by atoms with Crippen LogP contribution in [0.1, 0.15) is 43.9 Å². The second-order valence-corrected chi connectivity index (χ2v) is 4.08. The molecule has 0 aliphatic carbocycles. The van der Waals surface area contributed by atoms with Gasteiger partial charge in [-0.3, -0.25) is 0 Å². The van der Waals surface area contributed by atoms with Crippen molar-refractivity contribution in [3.05, 3.63) is 35.4 Å². The molecular weight excluding hydrogens is 200 g/mol. The molecule has 0 aromatic heterocycles. The highest BCUT2D eigenvalue weighted by molar-refractivity contribution is 5.28. The average Bonchev–Trinajstić information content (AvgIpc) is 2.28. The summed E-state index contributed by atoms with van der Waals surface area (Å²) >= 11 is 0. The fourth-order valence-corrected chi connectivity index (χ4v) is 1.95. The first-order valence-electron chi connectivity index (χ1n) is 6.05. The van der Waals surface area contributed by atoms with Gasteiger partial charge in [-0.05, 0) is 31.4 Å². The predicted octanol–water partition coefficient (Wildman–Crippen LogP) is 3.23. The number of aliphatic hydroxyl groups excluding tert-OH is 1. The summed E-state index contributed by atoms with van der Waals surface area (Å²) in [6, 6.07) is 7.94. The van der Waals surface area contributed by atoms with E-state index in [4.69, 9.17) is 4.74 Å². The summed E-state index contributed by atoms with van der Waals surface area (Å²) in [7, 11) is 0. The molecule has 1 rings (SSSR count). The van der Waals surface area contributed by atoms with Crippen LogP contribution in [0, 0.1) is 6.92 Å². The summed E-state index contributed by atoms with van der Waals surface area (Å²) in [6.45, 7) is 6.74. The van der Waals surface area contributed by atoms with E-state index in [-0.39, 0.29) is 6.10 Å². The Morgan fingerprint density at radius 1 is 1.25 bits per heavy atom. The van der Waals surface area contributed by atoms with Gasteiger partial charge in [-0.25, -0.2) is 0 Å². The minimum Gasteiger partial charge on any atom is -0.386 e. The van der Waals surface area contributed by atoms with Crippen molar-refractivity contribution in [3.63, 3.8) is 0 Å². The molecule has 90 valence electrons. The molecule has 0 aliphatic rings. The standard InChI is InChI=1S/C14H22O2/c1-4-8-13(16-5-2)14(15)12-10-7-6-9-11(12)3/h6-7,9-10,13-15H,4-5,8H2,1-3H3. The summed E-state index contributed by atoms with van der Waals surface area (Å²) < 4.78 is 5.60. The zero-order chi connectivity index (χ0) is 12.0. The third kappa shape index (κ3) is 3.32. The lowest BCUT2D eigenvalue weighted by Crippen LogP contribution is -2.22. The smallest absolute Gasteiger partial charge is 0.105 e. The van der Waals surface area contributed by atoms with Crippen molar-refractivity contribution in [3.8, 4) is 0 Å². The quantitative estimate of drug-likeness (QED) is 0.800. The van der Waals surface area contributed by atoms with Crippen molar-refractivity contribution in [1.82, 2.24) is 0 Å². The molecule has 0 fully saturated rings. The summed E-state index contributed by atoms with van der Waals surface area (Å²) in [4.78, 5) is 0. The lowest BCUT2D eigenvalue weighted by molar-refractivity contribution is -0.0387. The van der Waals surface area contributed by atoms with Crippen LogP contribution in [-0.2, 0) is 4.74 Å². The molecule has 0 amide bonds. The monoisotopic (exact) mass is 222 g/mol. The zero-order valence-electron chi connectivity index (χ0n) is 10.4. The van der Waals surface area contributed by atoms with E-state index in [9.17, 15) is 5.11 Å². The maximum atomic E-state index is 10.3. The second-order valence-electron chi connectivity index (χ2n) is 4.08. The molecule has 2 nitrogen and oxygen atoms in total. The summed E-state index contributed by atoms with van der Waals surface area (Å²) in [6.07, 6.45) is 1.31. The van der Waals surface area contributed by atoms with E-state index in [0.717, 1.165) is 24.0 Å². The van der Waals surface area contributed by atoms with Crippen molar-refractivity contribution in [2.24, 2.45) is 0 Å². The van der Waals surface area contributed by atoms with Gasteiger partial charge >= 0.3 is 0 Å². The van der Waals surface area contributed by atoms with Crippen molar-refractivity contribution < 1.29 is 9.84 Å². The van der Waals surface area contributed by atoms with E-state index in [2.05, 4.69) is 6.92 Å². The highest BCUT2D eigenvalue weighted by Gasteiger charge is 2.21. The van der Waals surface area contributed by atoms with Crippen LogP contribution in [0.4, 0.5) is 0 Å². The first-order chi connectivity index (χ1) is 7.70. The minimum absolute atomic E-state index is 0.0869. The normalized spacial score (nSPS) is 14.8. The Kier molecular flexibility index (Phi) is 5.50. The molecule has 0 saturated carbocycles. The molecule has 1 aromatic rings. The Hall–Kier alpha value is -0.860. The topological polar surface area (TPSA) is 29.5 Å². The SMILES string of the molecule is CCCC(OCC)C(O)c1ccccc1C. The van der Waals surface area contributed by atoms with Crippen LogP contribution < -0.4 is 0 Å². The number of aryl methyl sites for hydroxylation is 1. The number of benzene rings is 1. The van der Waals surface area contributed by atoms with Crippen LogP contribution in [0.25, 0.3) is 0 Å². The van der Waals surface area contributed by atoms with Crippen molar-refractivity contribution in [2.45, 2.75) is 45.8 Å². The molecule has 0 radical (unpaired) electrons. The van der Waals surface area contributed by atoms with Crippen LogP contribution >= 0.6 is 0 Å². The molecule has 16 heavy (non-hydrogen) atoms. The molecule has 2 unspecified atom stereocenters. The summed E-state index contributed by atoms with van der Waals surface area (Å²) in [5, 5.41) is 10.3. The fourth-order valence-electron chi connectivity index (χ4n) is 1.95. The number of hydrogen-bond donors (Lipinski definition) is 1. The zero-order valence-corrected chi connectivity index (χ0v) is 10.4. The minimum atomic E-state index is -0.513. The molecule has 0 spiro atoms. The van der Waals surface area contributed by atoms with Crippen LogP contribution in [-0.4, -0.2) is 17.8 Å². The lowest BCUT2D eigenvalue weighted by atomic mass is 9.97. The number of hydrogen-bond acceptors (Lipinski definition) is 2. The van der Waals surface area contributed by atoms with Crippen molar-refractivity contribution in [1.29, 1.82) is 0 Å². The molecule has 0 aliphatic heterocycles. The van der Waals surface area contributed by atoms with E-state index in [1.807, 2.05) is 38.1 Å². The van der Waals surface area contributed by atoms with Crippen LogP contribution in [0.3, 0.4) is 0 Å². The van der Waals surface area contributed by atoms with Gasteiger partial charge in [-0.1, -0.05) is 37.6 Å².